The van der Waals surface area contributed by atoms with Gasteiger partial charge in [0.2, 0.25) is 0 Å². The lowest BCUT2D eigenvalue weighted by molar-refractivity contribution is -0.150. The van der Waals surface area contributed by atoms with Gasteiger partial charge in [0, 0.05) is 15.1 Å². The molecule has 132 valence electrons. The Morgan fingerprint density at radius 2 is 1.84 bits per heavy atom. The fourth-order valence-electron chi connectivity index (χ4n) is 2.15. The molecular weight excluding hydrogens is 402 g/mol. The van der Waals surface area contributed by atoms with Crippen LogP contribution in [0.15, 0.2) is 51.8 Å². The monoisotopic (exact) mass is 421 g/mol. The molecule has 0 aliphatic rings. The van der Waals surface area contributed by atoms with Gasteiger partial charge in [0.1, 0.15) is 0 Å². The number of thioether (sulfide) groups is 1. The molecule has 1 amide bonds. The number of rotatable bonds is 6. The number of halogens is 1. The first-order valence-electron chi connectivity index (χ1n) is 7.81. The van der Waals surface area contributed by atoms with Gasteiger partial charge in [-0.3, -0.25) is 9.59 Å². The van der Waals surface area contributed by atoms with Gasteiger partial charge >= 0.3 is 5.97 Å². The second-order valence-electron chi connectivity index (χ2n) is 5.68. The molecule has 25 heavy (non-hydrogen) atoms. The summed E-state index contributed by atoms with van der Waals surface area (Å²) in [7, 11) is 0. The first-order valence-corrected chi connectivity index (χ1v) is 9.59. The van der Waals surface area contributed by atoms with E-state index in [0.717, 1.165) is 26.2 Å². The Bertz CT molecular complexity index is 762. The molecule has 0 radical (unpaired) electrons. The number of hydrogen-bond donors (Lipinski definition) is 1. The van der Waals surface area contributed by atoms with Crippen molar-refractivity contribution in [1.29, 1.82) is 0 Å². The van der Waals surface area contributed by atoms with Crippen LogP contribution in [0.2, 0.25) is 0 Å². The predicted molar refractivity (Wildman–Crippen MR) is 105 cm³/mol. The topological polar surface area (TPSA) is 55.4 Å². The molecule has 1 atom stereocenters. The van der Waals surface area contributed by atoms with Gasteiger partial charge < -0.3 is 10.1 Å². The maximum Gasteiger partial charge on any atom is 0.317 e. The van der Waals surface area contributed by atoms with E-state index >= 15 is 0 Å². The van der Waals surface area contributed by atoms with Crippen molar-refractivity contribution in [2.75, 3.05) is 11.1 Å². The number of nitrogens with one attached hydrogen (secondary N) is 1. The molecule has 1 unspecified atom stereocenters. The van der Waals surface area contributed by atoms with E-state index in [4.69, 9.17) is 4.74 Å². The third kappa shape index (κ3) is 6.21. The molecule has 0 aromatic heterocycles. The molecule has 2 aromatic rings. The van der Waals surface area contributed by atoms with E-state index in [1.165, 1.54) is 11.8 Å². The molecule has 0 heterocycles. The summed E-state index contributed by atoms with van der Waals surface area (Å²) in [5.74, 6) is -0.604. The number of ether oxygens (including phenoxy) is 1. The average Bonchev–Trinajstić information content (AvgIpc) is 2.56. The summed E-state index contributed by atoms with van der Waals surface area (Å²) in [5, 5.41) is 2.79. The van der Waals surface area contributed by atoms with Crippen LogP contribution in [0.25, 0.3) is 0 Å². The zero-order chi connectivity index (χ0) is 18.4. The lowest BCUT2D eigenvalue weighted by Crippen LogP contribution is -2.30. The van der Waals surface area contributed by atoms with Crippen LogP contribution in [0.3, 0.4) is 0 Å². The lowest BCUT2D eigenvalue weighted by Gasteiger charge is -2.15. The van der Waals surface area contributed by atoms with Gasteiger partial charge in [0.25, 0.3) is 5.91 Å². The van der Waals surface area contributed by atoms with E-state index in [-0.39, 0.29) is 11.7 Å². The SMILES string of the molecule is Cc1ccc(NC(=O)C(C)OC(=O)CSc2ccc(Br)cc2)c(C)c1. The molecule has 0 aliphatic heterocycles. The molecule has 1 N–H and O–H groups in total. The van der Waals surface area contributed by atoms with Gasteiger partial charge in [0.05, 0.1) is 5.75 Å². The van der Waals surface area contributed by atoms with Crippen LogP contribution in [0.4, 0.5) is 5.69 Å². The fourth-order valence-corrected chi connectivity index (χ4v) is 3.09. The van der Waals surface area contributed by atoms with Crippen LogP contribution >= 0.6 is 27.7 Å². The van der Waals surface area contributed by atoms with Crippen molar-refractivity contribution < 1.29 is 14.3 Å². The Hall–Kier alpha value is -1.79. The Morgan fingerprint density at radius 3 is 2.48 bits per heavy atom. The van der Waals surface area contributed by atoms with Gasteiger partial charge in [-0.15, -0.1) is 11.8 Å². The minimum Gasteiger partial charge on any atom is -0.452 e. The number of carbonyl (C=O) groups excluding carboxylic acids is 2. The van der Waals surface area contributed by atoms with Gasteiger partial charge in [-0.2, -0.15) is 0 Å². The highest BCUT2D eigenvalue weighted by molar-refractivity contribution is 9.10. The molecule has 0 fully saturated rings. The zero-order valence-corrected chi connectivity index (χ0v) is 16.7. The summed E-state index contributed by atoms with van der Waals surface area (Å²) in [4.78, 5) is 25.1. The number of esters is 1. The molecule has 0 aliphatic carbocycles. The van der Waals surface area contributed by atoms with E-state index in [1.54, 1.807) is 6.92 Å². The number of aryl methyl sites for hydroxylation is 2. The highest BCUT2D eigenvalue weighted by atomic mass is 79.9. The molecule has 2 rings (SSSR count). The van der Waals surface area contributed by atoms with Crippen molar-refractivity contribution in [2.24, 2.45) is 0 Å². The third-order valence-electron chi connectivity index (χ3n) is 3.49. The number of anilines is 1. The fraction of sp³-hybridized carbons (Fsp3) is 0.263. The number of amides is 1. The molecule has 0 saturated carbocycles. The summed E-state index contributed by atoms with van der Waals surface area (Å²) in [6.07, 6.45) is -0.848. The van der Waals surface area contributed by atoms with Crippen LogP contribution in [-0.2, 0) is 14.3 Å². The second kappa shape index (κ2) is 9.06. The standard InChI is InChI=1S/C19H20BrNO3S/c1-12-4-9-17(13(2)10-12)21-19(23)14(3)24-18(22)11-25-16-7-5-15(20)6-8-16/h4-10,14H,11H2,1-3H3,(H,21,23). The average molecular weight is 422 g/mol. The van der Waals surface area contributed by atoms with Crippen molar-refractivity contribution in [3.05, 3.63) is 58.1 Å². The number of carbonyl (C=O) groups is 2. The maximum absolute atomic E-state index is 12.2. The second-order valence-corrected chi connectivity index (χ2v) is 7.65. The Labute approximate surface area is 160 Å². The normalized spacial score (nSPS) is 11.7. The predicted octanol–water partition coefficient (Wildman–Crippen LogP) is 4.73. The molecule has 0 bridgehead atoms. The van der Waals surface area contributed by atoms with Gasteiger partial charge in [-0.05, 0) is 56.7 Å². The van der Waals surface area contributed by atoms with Crippen molar-refractivity contribution in [1.82, 2.24) is 0 Å². The first kappa shape index (κ1) is 19.5. The minimum absolute atomic E-state index is 0.156. The van der Waals surface area contributed by atoms with E-state index in [2.05, 4.69) is 21.2 Å². The molecule has 6 heteroatoms. The highest BCUT2D eigenvalue weighted by Crippen LogP contribution is 2.21. The molecular formula is C19H20BrNO3S. The van der Waals surface area contributed by atoms with Crippen molar-refractivity contribution in [2.45, 2.75) is 31.8 Å². The van der Waals surface area contributed by atoms with E-state index in [1.807, 2.05) is 56.3 Å². The van der Waals surface area contributed by atoms with Crippen LogP contribution < -0.4 is 5.32 Å². The van der Waals surface area contributed by atoms with Crippen molar-refractivity contribution in [3.63, 3.8) is 0 Å². The summed E-state index contributed by atoms with van der Waals surface area (Å²) < 4.78 is 6.19. The highest BCUT2D eigenvalue weighted by Gasteiger charge is 2.18. The molecule has 0 saturated heterocycles. The van der Waals surface area contributed by atoms with Crippen LogP contribution in [-0.4, -0.2) is 23.7 Å². The third-order valence-corrected chi connectivity index (χ3v) is 5.00. The van der Waals surface area contributed by atoms with Crippen LogP contribution in [0.1, 0.15) is 18.1 Å². The first-order chi connectivity index (χ1) is 11.8. The largest absolute Gasteiger partial charge is 0.452 e. The van der Waals surface area contributed by atoms with E-state index < -0.39 is 12.1 Å². The summed E-state index contributed by atoms with van der Waals surface area (Å²) in [5.41, 5.74) is 2.82. The quantitative estimate of drug-likeness (QED) is 0.540. The summed E-state index contributed by atoms with van der Waals surface area (Å²) >= 11 is 4.74. The Morgan fingerprint density at radius 1 is 1.16 bits per heavy atom. The Kier molecular flexibility index (Phi) is 7.08. The Balaban J connectivity index is 1.83. The smallest absolute Gasteiger partial charge is 0.317 e. The molecule has 0 spiro atoms. The van der Waals surface area contributed by atoms with Gasteiger partial charge in [0.15, 0.2) is 6.10 Å². The van der Waals surface area contributed by atoms with E-state index in [9.17, 15) is 9.59 Å². The zero-order valence-electron chi connectivity index (χ0n) is 14.3. The van der Waals surface area contributed by atoms with Crippen LogP contribution in [0.5, 0.6) is 0 Å². The molecule has 2 aromatic carbocycles. The summed E-state index contributed by atoms with van der Waals surface area (Å²) in [6, 6.07) is 13.4. The van der Waals surface area contributed by atoms with Gasteiger partial charge in [-0.1, -0.05) is 33.6 Å². The number of benzene rings is 2. The van der Waals surface area contributed by atoms with Crippen molar-refractivity contribution in [3.8, 4) is 0 Å². The minimum atomic E-state index is -0.848. The lowest BCUT2D eigenvalue weighted by atomic mass is 10.1. The summed E-state index contributed by atoms with van der Waals surface area (Å²) in [6.45, 7) is 5.49. The molecule has 4 nitrogen and oxygen atoms in total. The van der Waals surface area contributed by atoms with Gasteiger partial charge in [-0.25, -0.2) is 0 Å². The van der Waals surface area contributed by atoms with Crippen LogP contribution in [0, 0.1) is 13.8 Å². The van der Waals surface area contributed by atoms with Crippen molar-refractivity contribution >= 4 is 45.3 Å². The maximum atomic E-state index is 12.2. The number of hydrogen-bond acceptors (Lipinski definition) is 4. The van der Waals surface area contributed by atoms with E-state index in [0.29, 0.717) is 0 Å².